The lowest BCUT2D eigenvalue weighted by atomic mass is 10.1. The van der Waals surface area contributed by atoms with Gasteiger partial charge in [-0.3, -0.25) is 4.79 Å². The van der Waals surface area contributed by atoms with Crippen LogP contribution in [0.2, 0.25) is 0 Å². The minimum atomic E-state index is -3.74. The number of nitrogens with zero attached hydrogens (tertiary/aromatic N) is 1. The van der Waals surface area contributed by atoms with E-state index in [-0.39, 0.29) is 10.8 Å². The quantitative estimate of drug-likeness (QED) is 0.802. The average molecular weight is 308 g/mol. The van der Waals surface area contributed by atoms with Crippen molar-refractivity contribution in [3.63, 3.8) is 0 Å². The molecule has 20 heavy (non-hydrogen) atoms. The van der Waals surface area contributed by atoms with E-state index in [9.17, 15) is 13.2 Å². The molecule has 0 N–H and O–H groups in total. The summed E-state index contributed by atoms with van der Waals surface area (Å²) in [4.78, 5) is 13.9. The van der Waals surface area contributed by atoms with Gasteiger partial charge in [-0.15, -0.1) is 0 Å². The maximum Gasteiger partial charge on any atom is 0.261 e. The molecule has 0 radical (unpaired) electrons. The summed E-state index contributed by atoms with van der Waals surface area (Å²) < 4.78 is 22.4. The third-order valence-corrected chi connectivity index (χ3v) is 4.62. The highest BCUT2D eigenvalue weighted by Gasteiger charge is 2.27. The maximum atomic E-state index is 12.3. The molecule has 1 aliphatic heterocycles. The molecule has 0 bridgehead atoms. The standard InChI is InChI=1S/C14H10ClNO3S/c15-20(18,19)12-7-5-11(6-8-12)16-9-10-3-1-2-4-13(10)14(16)17/h1-8H,9H2. The lowest BCUT2D eigenvalue weighted by Gasteiger charge is -2.15. The molecule has 0 saturated heterocycles. The molecule has 0 unspecified atom stereocenters. The summed E-state index contributed by atoms with van der Waals surface area (Å²) in [5, 5.41) is 0. The Morgan fingerprint density at radius 1 is 1.00 bits per heavy atom. The largest absolute Gasteiger partial charge is 0.304 e. The number of rotatable bonds is 2. The number of anilines is 1. The predicted molar refractivity (Wildman–Crippen MR) is 76.4 cm³/mol. The number of benzene rings is 2. The third kappa shape index (κ3) is 2.19. The molecular weight excluding hydrogens is 298 g/mol. The number of fused-ring (bicyclic) bond motifs is 1. The van der Waals surface area contributed by atoms with E-state index in [1.807, 2.05) is 18.2 Å². The SMILES string of the molecule is O=C1c2ccccc2CN1c1ccc(S(=O)(=O)Cl)cc1. The van der Waals surface area contributed by atoms with Crippen molar-refractivity contribution >= 4 is 31.3 Å². The Morgan fingerprint density at radius 3 is 2.25 bits per heavy atom. The highest BCUT2D eigenvalue weighted by Crippen LogP contribution is 2.29. The molecular formula is C14H10ClNO3S. The van der Waals surface area contributed by atoms with Crippen LogP contribution in [0.15, 0.2) is 53.4 Å². The summed E-state index contributed by atoms with van der Waals surface area (Å²) in [5.74, 6) is -0.0814. The van der Waals surface area contributed by atoms with Crippen LogP contribution in [0.1, 0.15) is 15.9 Å². The number of hydrogen-bond acceptors (Lipinski definition) is 3. The fourth-order valence-electron chi connectivity index (χ4n) is 2.25. The fourth-order valence-corrected chi connectivity index (χ4v) is 3.02. The highest BCUT2D eigenvalue weighted by atomic mass is 35.7. The van der Waals surface area contributed by atoms with Crippen molar-refractivity contribution in [3.05, 3.63) is 59.7 Å². The molecule has 0 saturated carbocycles. The second kappa shape index (κ2) is 4.61. The third-order valence-electron chi connectivity index (χ3n) is 3.25. The number of carbonyl (C=O) groups excluding carboxylic acids is 1. The summed E-state index contributed by atoms with van der Waals surface area (Å²) >= 11 is 0. The van der Waals surface area contributed by atoms with Crippen molar-refractivity contribution in [3.8, 4) is 0 Å². The Bertz CT molecular complexity index is 784. The van der Waals surface area contributed by atoms with Gasteiger partial charge in [0.2, 0.25) is 0 Å². The van der Waals surface area contributed by atoms with E-state index in [0.29, 0.717) is 17.8 Å². The summed E-state index contributed by atoms with van der Waals surface area (Å²) in [6, 6.07) is 13.4. The van der Waals surface area contributed by atoms with Crippen molar-refractivity contribution in [1.82, 2.24) is 0 Å². The lowest BCUT2D eigenvalue weighted by Crippen LogP contribution is -2.22. The van der Waals surface area contributed by atoms with Crippen molar-refractivity contribution < 1.29 is 13.2 Å². The van der Waals surface area contributed by atoms with Crippen LogP contribution in [0.4, 0.5) is 5.69 Å². The second-order valence-electron chi connectivity index (χ2n) is 4.48. The summed E-state index contributed by atoms with van der Waals surface area (Å²) in [5.41, 5.74) is 2.29. The number of halogens is 1. The first-order valence-electron chi connectivity index (χ1n) is 5.91. The second-order valence-corrected chi connectivity index (χ2v) is 7.05. The molecule has 0 aromatic heterocycles. The van der Waals surface area contributed by atoms with Crippen LogP contribution in [0.3, 0.4) is 0 Å². The number of hydrogen-bond donors (Lipinski definition) is 0. The highest BCUT2D eigenvalue weighted by molar-refractivity contribution is 8.13. The monoisotopic (exact) mass is 307 g/mol. The average Bonchev–Trinajstić information content (AvgIpc) is 2.76. The van der Waals surface area contributed by atoms with Gasteiger partial charge in [-0.25, -0.2) is 8.42 Å². The molecule has 1 heterocycles. The van der Waals surface area contributed by atoms with Crippen molar-refractivity contribution in [1.29, 1.82) is 0 Å². The van der Waals surface area contributed by atoms with E-state index < -0.39 is 9.05 Å². The first-order chi connectivity index (χ1) is 9.47. The molecule has 4 nitrogen and oxygen atoms in total. The van der Waals surface area contributed by atoms with Crippen LogP contribution in [0, 0.1) is 0 Å². The van der Waals surface area contributed by atoms with Gasteiger partial charge in [0.15, 0.2) is 0 Å². The van der Waals surface area contributed by atoms with Crippen LogP contribution < -0.4 is 4.90 Å². The molecule has 0 spiro atoms. The van der Waals surface area contributed by atoms with Gasteiger partial charge in [0, 0.05) is 21.9 Å². The zero-order valence-electron chi connectivity index (χ0n) is 10.3. The van der Waals surface area contributed by atoms with Gasteiger partial charge in [-0.05, 0) is 35.9 Å². The Morgan fingerprint density at radius 2 is 1.65 bits per heavy atom. The molecule has 6 heteroatoms. The summed E-state index contributed by atoms with van der Waals surface area (Å²) in [6.45, 7) is 0.488. The molecule has 102 valence electrons. The van der Waals surface area contributed by atoms with E-state index in [1.54, 1.807) is 23.1 Å². The molecule has 0 aliphatic carbocycles. The minimum absolute atomic E-state index is 0.0204. The fraction of sp³-hybridized carbons (Fsp3) is 0.0714. The van der Waals surface area contributed by atoms with E-state index in [1.165, 1.54) is 12.1 Å². The van der Waals surface area contributed by atoms with Crippen LogP contribution in [0.25, 0.3) is 0 Å². The Hall–Kier alpha value is -1.85. The van der Waals surface area contributed by atoms with Crippen LogP contribution in [0.5, 0.6) is 0 Å². The van der Waals surface area contributed by atoms with Gasteiger partial charge in [-0.1, -0.05) is 18.2 Å². The Labute approximate surface area is 121 Å². The van der Waals surface area contributed by atoms with Crippen molar-refractivity contribution in [2.45, 2.75) is 11.4 Å². The van der Waals surface area contributed by atoms with Crippen molar-refractivity contribution in [2.75, 3.05) is 4.90 Å². The molecule has 2 aromatic carbocycles. The Kier molecular flexibility index (Phi) is 3.03. The topological polar surface area (TPSA) is 54.5 Å². The molecule has 3 rings (SSSR count). The number of carbonyl (C=O) groups is 1. The minimum Gasteiger partial charge on any atom is -0.304 e. The lowest BCUT2D eigenvalue weighted by molar-refractivity contribution is 0.0996. The zero-order chi connectivity index (χ0) is 14.3. The van der Waals surface area contributed by atoms with Gasteiger partial charge in [0.25, 0.3) is 15.0 Å². The first-order valence-corrected chi connectivity index (χ1v) is 8.22. The summed E-state index contributed by atoms with van der Waals surface area (Å²) in [7, 11) is 1.52. The van der Waals surface area contributed by atoms with Crippen molar-refractivity contribution in [2.24, 2.45) is 0 Å². The summed E-state index contributed by atoms with van der Waals surface area (Å²) in [6.07, 6.45) is 0. The number of amides is 1. The normalized spacial score (nSPS) is 14.4. The van der Waals surface area contributed by atoms with E-state index >= 15 is 0 Å². The molecule has 0 atom stereocenters. The van der Waals surface area contributed by atoms with Gasteiger partial charge in [-0.2, -0.15) is 0 Å². The van der Waals surface area contributed by atoms with Gasteiger partial charge >= 0.3 is 0 Å². The predicted octanol–water partition coefficient (Wildman–Crippen LogP) is 2.77. The van der Waals surface area contributed by atoms with E-state index in [0.717, 1.165) is 5.56 Å². The molecule has 0 fully saturated rings. The maximum absolute atomic E-state index is 12.3. The van der Waals surface area contributed by atoms with E-state index in [4.69, 9.17) is 10.7 Å². The van der Waals surface area contributed by atoms with Gasteiger partial charge in [0.05, 0.1) is 11.4 Å². The van der Waals surface area contributed by atoms with Gasteiger partial charge < -0.3 is 4.90 Å². The zero-order valence-corrected chi connectivity index (χ0v) is 11.9. The first kappa shape index (κ1) is 13.1. The van der Waals surface area contributed by atoms with Gasteiger partial charge in [0.1, 0.15) is 0 Å². The molecule has 1 amide bonds. The van der Waals surface area contributed by atoms with E-state index in [2.05, 4.69) is 0 Å². The molecule has 1 aliphatic rings. The smallest absolute Gasteiger partial charge is 0.261 e. The van der Waals surface area contributed by atoms with Crippen LogP contribution in [-0.2, 0) is 15.6 Å². The molecule has 2 aromatic rings. The van der Waals surface area contributed by atoms with Crippen LogP contribution in [-0.4, -0.2) is 14.3 Å². The Balaban J connectivity index is 1.95. The van der Waals surface area contributed by atoms with Crippen LogP contribution >= 0.6 is 10.7 Å².